The molecule has 2 heterocycles. The van der Waals surface area contributed by atoms with Crippen LogP contribution in [0.3, 0.4) is 0 Å². The van der Waals surface area contributed by atoms with Gasteiger partial charge < -0.3 is 9.64 Å². The summed E-state index contributed by atoms with van der Waals surface area (Å²) in [5.74, 6) is 0.0243. The molecule has 132 valence electrons. The van der Waals surface area contributed by atoms with Gasteiger partial charge in [0, 0.05) is 47.8 Å². The molecule has 6 heteroatoms. The highest BCUT2D eigenvalue weighted by Crippen LogP contribution is 2.25. The molecule has 2 saturated heterocycles. The van der Waals surface area contributed by atoms with E-state index in [9.17, 15) is 4.79 Å². The molecule has 0 spiro atoms. The molecule has 4 nitrogen and oxygen atoms in total. The maximum atomic E-state index is 12.9. The van der Waals surface area contributed by atoms with Crippen LogP contribution in [0.25, 0.3) is 0 Å². The van der Waals surface area contributed by atoms with Gasteiger partial charge in [-0.2, -0.15) is 0 Å². The molecule has 2 aliphatic rings. The molecule has 1 aromatic rings. The zero-order chi connectivity index (χ0) is 17.3. The molecule has 3 rings (SSSR count). The molecule has 0 unspecified atom stereocenters. The van der Waals surface area contributed by atoms with Crippen molar-refractivity contribution in [2.45, 2.75) is 44.9 Å². The first kappa shape index (κ1) is 18.0. The minimum absolute atomic E-state index is 0.0243. The van der Waals surface area contributed by atoms with E-state index in [2.05, 4.69) is 18.7 Å². The third-order valence-corrected chi connectivity index (χ3v) is 5.15. The Kier molecular flexibility index (Phi) is 5.70. The molecule has 2 fully saturated rings. The molecule has 3 atom stereocenters. The van der Waals surface area contributed by atoms with Gasteiger partial charge in [0.2, 0.25) is 0 Å². The lowest BCUT2D eigenvalue weighted by Gasteiger charge is -2.38. The van der Waals surface area contributed by atoms with Gasteiger partial charge in [0.1, 0.15) is 0 Å². The number of halogens is 2. The van der Waals surface area contributed by atoms with Gasteiger partial charge in [-0.1, -0.05) is 23.2 Å². The zero-order valence-electron chi connectivity index (χ0n) is 14.2. The van der Waals surface area contributed by atoms with Crippen LogP contribution in [0.2, 0.25) is 10.0 Å². The largest absolute Gasteiger partial charge is 0.373 e. The van der Waals surface area contributed by atoms with Crippen molar-refractivity contribution in [3.63, 3.8) is 0 Å². The number of amides is 1. The molecule has 24 heavy (non-hydrogen) atoms. The number of morpholine rings is 1. The molecule has 0 bridgehead atoms. The topological polar surface area (TPSA) is 32.8 Å². The molecule has 0 aliphatic carbocycles. The second kappa shape index (κ2) is 7.61. The average Bonchev–Trinajstić information content (AvgIpc) is 2.92. The van der Waals surface area contributed by atoms with E-state index < -0.39 is 0 Å². The standard InChI is InChI=1S/C18H24Cl2N2O2/c1-12-9-21(10-13(2)24-12)11-17-4-3-5-22(17)18(23)14-6-15(19)8-16(20)7-14/h6-8,12-13,17H,3-5,9-11H2,1-2H3/t12-,13-,17-/m1/s1. The van der Waals surface area contributed by atoms with Crippen LogP contribution in [0, 0.1) is 0 Å². The van der Waals surface area contributed by atoms with Crippen molar-refractivity contribution in [1.82, 2.24) is 9.80 Å². The molecule has 1 amide bonds. The normalized spacial score (nSPS) is 28.3. The molecule has 0 radical (unpaired) electrons. The van der Waals surface area contributed by atoms with Crippen molar-refractivity contribution in [3.05, 3.63) is 33.8 Å². The number of carbonyl (C=O) groups is 1. The quantitative estimate of drug-likeness (QED) is 0.812. The van der Waals surface area contributed by atoms with Gasteiger partial charge in [-0.15, -0.1) is 0 Å². The van der Waals surface area contributed by atoms with E-state index in [0.29, 0.717) is 15.6 Å². The fourth-order valence-corrected chi connectivity index (χ4v) is 4.39. The van der Waals surface area contributed by atoms with Crippen molar-refractivity contribution in [3.8, 4) is 0 Å². The maximum Gasteiger partial charge on any atom is 0.254 e. The number of carbonyl (C=O) groups excluding carboxylic acids is 1. The lowest BCUT2D eigenvalue weighted by atomic mass is 10.1. The Hall–Kier alpha value is -0.810. The lowest BCUT2D eigenvalue weighted by Crippen LogP contribution is -2.50. The highest BCUT2D eigenvalue weighted by Gasteiger charge is 2.33. The van der Waals surface area contributed by atoms with Crippen molar-refractivity contribution in [1.29, 1.82) is 0 Å². The van der Waals surface area contributed by atoms with Gasteiger partial charge in [0.15, 0.2) is 0 Å². The van der Waals surface area contributed by atoms with Crippen LogP contribution in [0.1, 0.15) is 37.0 Å². The van der Waals surface area contributed by atoms with Crippen molar-refractivity contribution < 1.29 is 9.53 Å². The highest BCUT2D eigenvalue weighted by atomic mass is 35.5. The first-order valence-corrected chi connectivity index (χ1v) is 9.33. The Bertz CT molecular complexity index is 580. The van der Waals surface area contributed by atoms with E-state index in [-0.39, 0.29) is 24.2 Å². The SMILES string of the molecule is C[C@@H]1CN(C[C@H]2CCCN2C(=O)c2cc(Cl)cc(Cl)c2)C[C@@H](C)O1. The van der Waals surface area contributed by atoms with E-state index in [1.807, 2.05) is 4.90 Å². The minimum atomic E-state index is 0.0243. The predicted octanol–water partition coefficient (Wildman–Crippen LogP) is 3.71. The summed E-state index contributed by atoms with van der Waals surface area (Å²) in [6.45, 7) is 7.75. The third-order valence-electron chi connectivity index (χ3n) is 4.71. The van der Waals surface area contributed by atoms with E-state index >= 15 is 0 Å². The van der Waals surface area contributed by atoms with Crippen LogP contribution in [0.15, 0.2) is 18.2 Å². The maximum absolute atomic E-state index is 12.9. The third kappa shape index (κ3) is 4.23. The second-order valence-electron chi connectivity index (χ2n) is 6.93. The molecule has 0 N–H and O–H groups in total. The first-order chi connectivity index (χ1) is 11.4. The van der Waals surface area contributed by atoms with E-state index in [0.717, 1.165) is 39.0 Å². The smallest absolute Gasteiger partial charge is 0.254 e. The summed E-state index contributed by atoms with van der Waals surface area (Å²) in [6.07, 6.45) is 2.57. The van der Waals surface area contributed by atoms with Crippen LogP contribution >= 0.6 is 23.2 Å². The average molecular weight is 371 g/mol. The van der Waals surface area contributed by atoms with Gasteiger partial charge in [-0.3, -0.25) is 9.69 Å². The summed E-state index contributed by atoms with van der Waals surface area (Å²) in [5.41, 5.74) is 0.572. The van der Waals surface area contributed by atoms with Gasteiger partial charge in [-0.05, 0) is 44.9 Å². The van der Waals surface area contributed by atoms with Crippen LogP contribution in [0.5, 0.6) is 0 Å². The van der Waals surface area contributed by atoms with E-state index in [1.54, 1.807) is 18.2 Å². The summed E-state index contributed by atoms with van der Waals surface area (Å²) in [4.78, 5) is 17.3. The van der Waals surface area contributed by atoms with Gasteiger partial charge >= 0.3 is 0 Å². The number of benzene rings is 1. The minimum Gasteiger partial charge on any atom is -0.373 e. The monoisotopic (exact) mass is 370 g/mol. The number of hydrogen-bond donors (Lipinski definition) is 0. The van der Waals surface area contributed by atoms with Crippen LogP contribution in [0.4, 0.5) is 0 Å². The molecule has 2 aliphatic heterocycles. The van der Waals surface area contributed by atoms with Crippen molar-refractivity contribution in [2.24, 2.45) is 0 Å². The van der Waals surface area contributed by atoms with Gasteiger partial charge in [0.05, 0.1) is 12.2 Å². The van der Waals surface area contributed by atoms with Crippen LogP contribution in [-0.4, -0.2) is 60.1 Å². The molecular weight excluding hydrogens is 347 g/mol. The van der Waals surface area contributed by atoms with Crippen LogP contribution in [-0.2, 0) is 4.74 Å². The molecule has 1 aromatic carbocycles. The zero-order valence-corrected chi connectivity index (χ0v) is 15.7. The van der Waals surface area contributed by atoms with E-state index in [4.69, 9.17) is 27.9 Å². The summed E-state index contributed by atoms with van der Waals surface area (Å²) in [6, 6.07) is 5.29. The van der Waals surface area contributed by atoms with E-state index in [1.165, 1.54) is 0 Å². The highest BCUT2D eigenvalue weighted by molar-refractivity contribution is 6.35. The molecular formula is C18H24Cl2N2O2. The number of nitrogens with zero attached hydrogens (tertiary/aromatic N) is 2. The van der Waals surface area contributed by atoms with Crippen LogP contribution < -0.4 is 0 Å². The predicted molar refractivity (Wildman–Crippen MR) is 97.0 cm³/mol. The first-order valence-electron chi connectivity index (χ1n) is 8.57. The van der Waals surface area contributed by atoms with Crippen molar-refractivity contribution in [2.75, 3.05) is 26.2 Å². The second-order valence-corrected chi connectivity index (χ2v) is 7.80. The van der Waals surface area contributed by atoms with Gasteiger partial charge in [-0.25, -0.2) is 0 Å². The van der Waals surface area contributed by atoms with Crippen molar-refractivity contribution >= 4 is 29.1 Å². The number of likely N-dealkylation sites (tertiary alicyclic amines) is 1. The lowest BCUT2D eigenvalue weighted by molar-refractivity contribution is -0.0715. The Morgan fingerprint density at radius 2 is 1.79 bits per heavy atom. The summed E-state index contributed by atoms with van der Waals surface area (Å²) in [5, 5.41) is 0.995. The fraction of sp³-hybridized carbons (Fsp3) is 0.611. The summed E-state index contributed by atoms with van der Waals surface area (Å²) < 4.78 is 5.80. The Balaban J connectivity index is 1.69. The molecule has 0 aromatic heterocycles. The number of ether oxygens (including phenoxy) is 1. The fourth-order valence-electron chi connectivity index (χ4n) is 3.87. The summed E-state index contributed by atoms with van der Waals surface area (Å²) in [7, 11) is 0. The molecule has 0 saturated carbocycles. The number of hydrogen-bond acceptors (Lipinski definition) is 3. The number of rotatable bonds is 3. The Labute approximate surface area is 153 Å². The summed E-state index contributed by atoms with van der Waals surface area (Å²) >= 11 is 12.1. The van der Waals surface area contributed by atoms with Gasteiger partial charge in [0.25, 0.3) is 5.91 Å². The Morgan fingerprint density at radius 3 is 2.42 bits per heavy atom. The Morgan fingerprint density at radius 1 is 1.17 bits per heavy atom.